The summed E-state index contributed by atoms with van der Waals surface area (Å²) in [6.07, 6.45) is 1.87. The molecule has 0 unspecified atom stereocenters. The highest BCUT2D eigenvalue weighted by atomic mass is 35.5. The Morgan fingerprint density at radius 1 is 0.848 bits per heavy atom. The summed E-state index contributed by atoms with van der Waals surface area (Å²) >= 11 is 12.8. The lowest BCUT2D eigenvalue weighted by Gasteiger charge is -2.34. The molecule has 0 radical (unpaired) electrons. The molecule has 0 saturated heterocycles. The van der Waals surface area contributed by atoms with Crippen LogP contribution in [0.5, 0.6) is 0 Å². The molecule has 0 aliphatic heterocycles. The van der Waals surface area contributed by atoms with E-state index in [0.717, 1.165) is 33.8 Å². The fraction of sp³-hybridized carbons (Fsp3) is 0.278. The number of unbranched alkanes of at least 4 members (excludes halogenated alkanes) is 1. The Morgan fingerprint density at radius 2 is 1.57 bits per heavy atom. The van der Waals surface area contributed by atoms with E-state index in [0.29, 0.717) is 27.8 Å². The number of aryl methyl sites for hydroxylation is 2. The zero-order valence-electron chi connectivity index (χ0n) is 26.2. The van der Waals surface area contributed by atoms with Crippen molar-refractivity contribution in [3.63, 3.8) is 0 Å². The van der Waals surface area contributed by atoms with E-state index in [2.05, 4.69) is 5.32 Å². The average molecular weight is 681 g/mol. The smallest absolute Gasteiger partial charge is 0.264 e. The molecule has 0 saturated carbocycles. The van der Waals surface area contributed by atoms with Crippen LogP contribution in [0.15, 0.2) is 102 Å². The minimum Gasteiger partial charge on any atom is -0.354 e. The van der Waals surface area contributed by atoms with Gasteiger partial charge in [0.1, 0.15) is 12.6 Å². The number of hydrogen-bond donors (Lipinski definition) is 1. The Labute approximate surface area is 282 Å². The van der Waals surface area contributed by atoms with E-state index < -0.39 is 28.5 Å². The number of sulfonamides is 1. The Morgan fingerprint density at radius 3 is 2.22 bits per heavy atom. The van der Waals surface area contributed by atoms with E-state index in [4.69, 9.17) is 23.2 Å². The van der Waals surface area contributed by atoms with Gasteiger partial charge in [-0.3, -0.25) is 13.9 Å². The second-order valence-electron chi connectivity index (χ2n) is 11.3. The van der Waals surface area contributed by atoms with E-state index in [1.807, 2.05) is 57.2 Å². The highest BCUT2D eigenvalue weighted by Gasteiger charge is 2.35. The first-order valence-corrected chi connectivity index (χ1v) is 17.4. The lowest BCUT2D eigenvalue weighted by Crippen LogP contribution is -2.53. The molecule has 0 spiro atoms. The maximum atomic E-state index is 14.6. The quantitative estimate of drug-likeness (QED) is 0.141. The number of anilines is 1. The monoisotopic (exact) mass is 679 g/mol. The van der Waals surface area contributed by atoms with Crippen molar-refractivity contribution in [3.05, 3.63) is 129 Å². The topological polar surface area (TPSA) is 86.8 Å². The van der Waals surface area contributed by atoms with E-state index in [1.54, 1.807) is 48.5 Å². The van der Waals surface area contributed by atoms with Crippen LogP contribution in [-0.4, -0.2) is 44.3 Å². The lowest BCUT2D eigenvalue weighted by molar-refractivity contribution is -0.140. The van der Waals surface area contributed by atoms with Crippen LogP contribution in [0.3, 0.4) is 0 Å². The van der Waals surface area contributed by atoms with Gasteiger partial charge in [0.2, 0.25) is 11.8 Å². The third kappa shape index (κ3) is 9.12. The number of carbonyl (C=O) groups excluding carboxylic acids is 2. The third-order valence-electron chi connectivity index (χ3n) is 7.63. The number of halogens is 2. The molecular weight excluding hydrogens is 641 g/mol. The van der Waals surface area contributed by atoms with Crippen molar-refractivity contribution in [2.24, 2.45) is 0 Å². The van der Waals surface area contributed by atoms with Gasteiger partial charge in [-0.25, -0.2) is 8.42 Å². The van der Waals surface area contributed by atoms with Gasteiger partial charge in [0.15, 0.2) is 0 Å². The third-order valence-corrected chi connectivity index (χ3v) is 10.0. The first-order valence-electron chi connectivity index (χ1n) is 15.2. The maximum absolute atomic E-state index is 14.6. The maximum Gasteiger partial charge on any atom is 0.264 e. The number of hydrogen-bond acceptors (Lipinski definition) is 4. The molecule has 0 heterocycles. The molecular formula is C36H39Cl2N3O4S. The van der Waals surface area contributed by atoms with Crippen LogP contribution in [0.25, 0.3) is 0 Å². The summed E-state index contributed by atoms with van der Waals surface area (Å²) in [4.78, 5) is 29.9. The summed E-state index contributed by atoms with van der Waals surface area (Å²) in [5.41, 5.74) is 3.49. The van der Waals surface area contributed by atoms with Gasteiger partial charge >= 0.3 is 0 Å². The fourth-order valence-corrected chi connectivity index (χ4v) is 6.92. The molecule has 7 nitrogen and oxygen atoms in total. The summed E-state index contributed by atoms with van der Waals surface area (Å²) < 4.78 is 29.5. The van der Waals surface area contributed by atoms with E-state index in [-0.39, 0.29) is 23.8 Å². The SMILES string of the molecule is CCCCNC(=O)[C@H](Cc1ccccc1)N(Cc1ccc(Cl)cc1Cl)C(=O)CN(c1cccc(C)c1)S(=O)(=O)c1ccc(C)cc1. The highest BCUT2D eigenvalue weighted by molar-refractivity contribution is 7.92. The molecule has 4 aromatic carbocycles. The van der Waals surface area contributed by atoms with Crippen molar-refractivity contribution in [2.75, 3.05) is 17.4 Å². The summed E-state index contributed by atoms with van der Waals surface area (Å²) in [7, 11) is -4.18. The standard InChI is InChI=1S/C36H39Cl2N3O4S/c1-4-5-20-39-36(43)34(22-28-11-7-6-8-12-28)40(24-29-16-17-30(37)23-33(29)38)35(42)25-41(31-13-9-10-27(3)21-31)46(44,45)32-18-14-26(2)15-19-32/h6-19,21,23,34H,4-5,20,22,24-25H2,1-3H3,(H,39,43)/t34-/m0/s1. The second-order valence-corrected chi connectivity index (χ2v) is 14.0. The molecule has 4 rings (SSSR count). The number of amides is 2. The van der Waals surface area contributed by atoms with Crippen LogP contribution < -0.4 is 9.62 Å². The Kier molecular flexibility index (Phi) is 12.3. The number of nitrogens with one attached hydrogen (secondary N) is 1. The zero-order valence-corrected chi connectivity index (χ0v) is 28.6. The molecule has 242 valence electrons. The van der Waals surface area contributed by atoms with Gasteiger partial charge in [0.05, 0.1) is 10.6 Å². The van der Waals surface area contributed by atoms with Gasteiger partial charge < -0.3 is 10.2 Å². The molecule has 10 heteroatoms. The van der Waals surface area contributed by atoms with E-state index in [1.165, 1.54) is 17.0 Å². The number of nitrogens with zero attached hydrogens (tertiary/aromatic N) is 2. The van der Waals surface area contributed by atoms with Crippen molar-refractivity contribution in [3.8, 4) is 0 Å². The van der Waals surface area contributed by atoms with Gasteiger partial charge in [-0.2, -0.15) is 0 Å². The Bertz CT molecular complexity index is 1750. The number of carbonyl (C=O) groups is 2. The van der Waals surface area contributed by atoms with Crippen molar-refractivity contribution >= 4 is 50.7 Å². The molecule has 1 N–H and O–H groups in total. The summed E-state index contributed by atoms with van der Waals surface area (Å²) in [6, 6.07) is 26.9. The van der Waals surface area contributed by atoms with Crippen molar-refractivity contribution in [1.29, 1.82) is 0 Å². The van der Waals surface area contributed by atoms with Gasteiger partial charge in [0, 0.05) is 29.6 Å². The predicted molar refractivity (Wildman–Crippen MR) is 186 cm³/mol. The zero-order chi connectivity index (χ0) is 33.3. The molecule has 46 heavy (non-hydrogen) atoms. The van der Waals surface area contributed by atoms with Crippen LogP contribution >= 0.6 is 23.2 Å². The van der Waals surface area contributed by atoms with Crippen LogP contribution in [0.1, 0.15) is 42.0 Å². The molecule has 0 bridgehead atoms. The Balaban J connectivity index is 1.81. The first kappa shape index (κ1) is 35.0. The van der Waals surface area contributed by atoms with E-state index in [9.17, 15) is 18.0 Å². The predicted octanol–water partition coefficient (Wildman–Crippen LogP) is 7.36. The van der Waals surface area contributed by atoms with Crippen molar-refractivity contribution < 1.29 is 18.0 Å². The molecule has 0 aliphatic carbocycles. The van der Waals surface area contributed by atoms with Gasteiger partial charge in [0.25, 0.3) is 10.0 Å². The van der Waals surface area contributed by atoms with Crippen LogP contribution in [0.4, 0.5) is 5.69 Å². The summed E-state index contributed by atoms with van der Waals surface area (Å²) in [5, 5.41) is 3.75. The van der Waals surface area contributed by atoms with Crippen LogP contribution in [0.2, 0.25) is 10.0 Å². The summed E-state index contributed by atoms with van der Waals surface area (Å²) in [5.74, 6) is -0.894. The van der Waals surface area contributed by atoms with Gasteiger partial charge in [-0.15, -0.1) is 0 Å². The molecule has 0 fully saturated rings. The van der Waals surface area contributed by atoms with Crippen molar-refractivity contribution in [2.45, 2.75) is 57.5 Å². The minimum absolute atomic E-state index is 0.0419. The van der Waals surface area contributed by atoms with E-state index >= 15 is 0 Å². The minimum atomic E-state index is -4.18. The van der Waals surface area contributed by atoms with Gasteiger partial charge in [-0.05, 0) is 73.4 Å². The Hall–Kier alpha value is -3.85. The number of rotatable bonds is 14. The lowest BCUT2D eigenvalue weighted by atomic mass is 10.0. The van der Waals surface area contributed by atoms with Gasteiger partial charge in [-0.1, -0.05) is 103 Å². The van der Waals surface area contributed by atoms with Crippen LogP contribution in [-0.2, 0) is 32.6 Å². The second kappa shape index (κ2) is 16.1. The molecule has 0 aromatic heterocycles. The normalized spacial score (nSPS) is 11.9. The molecule has 2 amide bonds. The largest absolute Gasteiger partial charge is 0.354 e. The molecule has 0 aliphatic rings. The molecule has 4 aromatic rings. The average Bonchev–Trinajstić information content (AvgIpc) is 3.03. The first-order chi connectivity index (χ1) is 22.0. The fourth-order valence-electron chi connectivity index (χ4n) is 5.04. The molecule has 1 atom stereocenters. The highest BCUT2D eigenvalue weighted by Crippen LogP contribution is 2.28. The van der Waals surface area contributed by atoms with Crippen molar-refractivity contribution in [1.82, 2.24) is 10.2 Å². The summed E-state index contributed by atoms with van der Waals surface area (Å²) in [6.45, 7) is 5.61. The van der Waals surface area contributed by atoms with Crippen LogP contribution in [0, 0.1) is 13.8 Å². The number of benzene rings is 4.